The monoisotopic (exact) mass is 346 g/mol. The van der Waals surface area contributed by atoms with Gasteiger partial charge in [-0.05, 0) is 6.42 Å². The summed E-state index contributed by atoms with van der Waals surface area (Å²) in [7, 11) is 0. The maximum absolute atomic E-state index is 12.0. The number of nitrogens with one attached hydrogen (secondary N) is 1. The first kappa shape index (κ1) is 21.6. The number of aliphatic carboxylic acids is 1. The molecule has 8 heteroatoms. The number of hydrogen-bond donors (Lipinski definition) is 4. The average molecular weight is 346 g/mol. The van der Waals surface area contributed by atoms with E-state index < -0.39 is 29.3 Å². The molecule has 4 N–H and O–H groups in total. The molecule has 0 radical (unpaired) electrons. The quantitative estimate of drug-likeness (QED) is 0.425. The van der Waals surface area contributed by atoms with Crippen LogP contribution in [0.15, 0.2) is 0 Å². The molecule has 0 aromatic rings. The zero-order chi connectivity index (χ0) is 18.2. The zero-order valence-corrected chi connectivity index (χ0v) is 14.7. The van der Waals surface area contributed by atoms with E-state index in [-0.39, 0.29) is 43.1 Å². The fraction of sp³-hybridized carbons (Fsp3) is 0.733. The third-order valence-electron chi connectivity index (χ3n) is 3.38. The maximum Gasteiger partial charge on any atom is 0.320 e. The highest BCUT2D eigenvalue weighted by molar-refractivity contribution is 7.80. The minimum atomic E-state index is -1.16. The molecule has 132 valence electrons. The molecule has 0 heterocycles. The van der Waals surface area contributed by atoms with Crippen LogP contribution in [0.25, 0.3) is 0 Å². The molecule has 0 spiro atoms. The second-order valence-corrected chi connectivity index (χ2v) is 6.86. The van der Waals surface area contributed by atoms with Crippen molar-refractivity contribution >= 4 is 36.1 Å². The van der Waals surface area contributed by atoms with Crippen molar-refractivity contribution in [2.24, 2.45) is 17.1 Å². The Labute approximate surface area is 141 Å². The summed E-state index contributed by atoms with van der Waals surface area (Å²) >= 11 is 4.06. The van der Waals surface area contributed by atoms with Gasteiger partial charge < -0.3 is 16.2 Å². The van der Waals surface area contributed by atoms with Crippen LogP contribution in [0.4, 0.5) is 0 Å². The van der Waals surface area contributed by atoms with Crippen LogP contribution in [0.2, 0.25) is 0 Å². The van der Waals surface area contributed by atoms with E-state index in [4.69, 9.17) is 10.8 Å². The number of carboxylic acid groups (broad SMARTS) is 1. The Kier molecular flexibility index (Phi) is 9.07. The summed E-state index contributed by atoms with van der Waals surface area (Å²) in [6, 6.07) is -1.09. The van der Waals surface area contributed by atoms with Crippen molar-refractivity contribution in [1.82, 2.24) is 5.32 Å². The van der Waals surface area contributed by atoms with Crippen LogP contribution in [-0.4, -0.2) is 46.9 Å². The number of amides is 1. The molecule has 0 aliphatic carbocycles. The van der Waals surface area contributed by atoms with Crippen molar-refractivity contribution in [3.63, 3.8) is 0 Å². The molecule has 0 aromatic heterocycles. The van der Waals surface area contributed by atoms with E-state index in [1.165, 1.54) is 0 Å². The smallest absolute Gasteiger partial charge is 0.320 e. The van der Waals surface area contributed by atoms with Gasteiger partial charge in [0, 0.05) is 24.0 Å². The predicted octanol–water partition coefficient (Wildman–Crippen LogP) is 0.415. The third kappa shape index (κ3) is 8.71. The van der Waals surface area contributed by atoms with Gasteiger partial charge in [0.2, 0.25) is 5.91 Å². The fourth-order valence-corrected chi connectivity index (χ4v) is 1.93. The first-order chi connectivity index (χ1) is 10.5. The van der Waals surface area contributed by atoms with Gasteiger partial charge in [-0.25, -0.2) is 0 Å². The molecule has 0 aliphatic rings. The summed E-state index contributed by atoms with van der Waals surface area (Å²) in [4.78, 5) is 46.2. The number of Topliss-reactive ketones (excluding diaryl/α,β-unsaturated/α-hetero) is 2. The van der Waals surface area contributed by atoms with Crippen LogP contribution < -0.4 is 11.1 Å². The van der Waals surface area contributed by atoms with Crippen LogP contribution >= 0.6 is 12.6 Å². The van der Waals surface area contributed by atoms with E-state index in [0.29, 0.717) is 0 Å². The number of carbonyl (C=O) groups excluding carboxylic acids is 3. The SMILES string of the molecule is CC(C)(C)C(=O)CNC(=O)C(CS)CC(=O)CCC(N)C(=O)O. The normalized spacial score (nSPS) is 14.0. The molecular formula is C15H26N2O5S. The van der Waals surface area contributed by atoms with Gasteiger partial charge in [-0.15, -0.1) is 0 Å². The topological polar surface area (TPSA) is 127 Å². The van der Waals surface area contributed by atoms with E-state index >= 15 is 0 Å². The molecule has 0 saturated heterocycles. The Morgan fingerprint density at radius 3 is 2.22 bits per heavy atom. The lowest BCUT2D eigenvalue weighted by atomic mass is 9.90. The average Bonchev–Trinajstić information content (AvgIpc) is 2.45. The van der Waals surface area contributed by atoms with Crippen LogP contribution in [-0.2, 0) is 19.2 Å². The summed E-state index contributed by atoms with van der Waals surface area (Å²) < 4.78 is 0. The summed E-state index contributed by atoms with van der Waals surface area (Å²) in [6.07, 6.45) is -0.0328. The van der Waals surface area contributed by atoms with E-state index in [0.717, 1.165) is 0 Å². The second-order valence-electron chi connectivity index (χ2n) is 6.50. The Hall–Kier alpha value is -1.41. The molecule has 0 saturated carbocycles. The second kappa shape index (κ2) is 9.67. The summed E-state index contributed by atoms with van der Waals surface area (Å²) in [5.74, 6) is -2.43. The first-order valence-electron chi connectivity index (χ1n) is 7.41. The number of hydrogen-bond acceptors (Lipinski definition) is 6. The molecule has 0 aromatic carbocycles. The zero-order valence-electron chi connectivity index (χ0n) is 13.8. The number of carbonyl (C=O) groups is 4. The highest BCUT2D eigenvalue weighted by Crippen LogP contribution is 2.14. The molecule has 0 fully saturated rings. The number of ketones is 2. The van der Waals surface area contributed by atoms with E-state index in [2.05, 4.69) is 17.9 Å². The molecule has 7 nitrogen and oxygen atoms in total. The van der Waals surface area contributed by atoms with Crippen molar-refractivity contribution in [3.05, 3.63) is 0 Å². The van der Waals surface area contributed by atoms with E-state index in [9.17, 15) is 19.2 Å². The molecule has 0 bridgehead atoms. The molecule has 2 atom stereocenters. The van der Waals surface area contributed by atoms with Crippen LogP contribution in [0.1, 0.15) is 40.0 Å². The Morgan fingerprint density at radius 2 is 1.78 bits per heavy atom. The lowest BCUT2D eigenvalue weighted by Crippen LogP contribution is -2.39. The van der Waals surface area contributed by atoms with Crippen molar-refractivity contribution in [2.75, 3.05) is 12.3 Å². The minimum Gasteiger partial charge on any atom is -0.480 e. The van der Waals surface area contributed by atoms with Gasteiger partial charge in [-0.3, -0.25) is 19.2 Å². The number of rotatable bonds is 10. The van der Waals surface area contributed by atoms with Gasteiger partial charge in [0.25, 0.3) is 0 Å². The molecular weight excluding hydrogens is 320 g/mol. The van der Waals surface area contributed by atoms with Crippen LogP contribution in [0.3, 0.4) is 0 Å². The summed E-state index contributed by atoms with van der Waals surface area (Å²) in [5, 5.41) is 11.2. The van der Waals surface area contributed by atoms with Gasteiger partial charge in [0.1, 0.15) is 11.8 Å². The Bertz CT molecular complexity index is 459. The molecule has 0 aliphatic heterocycles. The van der Waals surface area contributed by atoms with Gasteiger partial charge in [-0.2, -0.15) is 12.6 Å². The first-order valence-corrected chi connectivity index (χ1v) is 8.04. The standard InChI is InChI=1S/C15H26N2O5S/c1-15(2,3)12(19)7-17-13(20)9(8-23)6-10(18)4-5-11(16)14(21)22/h9,11,23H,4-8,16H2,1-3H3,(H,17,20)(H,21,22). The highest BCUT2D eigenvalue weighted by atomic mass is 32.1. The van der Waals surface area contributed by atoms with Crippen molar-refractivity contribution in [2.45, 2.75) is 46.1 Å². The van der Waals surface area contributed by atoms with E-state index in [1.807, 2.05) is 0 Å². The Morgan fingerprint density at radius 1 is 1.22 bits per heavy atom. The lowest BCUT2D eigenvalue weighted by molar-refractivity contribution is -0.138. The Balaban J connectivity index is 4.37. The number of nitrogens with two attached hydrogens (primary N) is 1. The number of carboxylic acids is 1. The highest BCUT2D eigenvalue weighted by Gasteiger charge is 2.25. The lowest BCUT2D eigenvalue weighted by Gasteiger charge is -2.19. The summed E-state index contributed by atoms with van der Waals surface area (Å²) in [5.41, 5.74) is 4.78. The predicted molar refractivity (Wildman–Crippen MR) is 89.3 cm³/mol. The van der Waals surface area contributed by atoms with Gasteiger partial charge in [-0.1, -0.05) is 20.8 Å². The molecule has 1 amide bonds. The third-order valence-corrected chi connectivity index (χ3v) is 3.82. The van der Waals surface area contributed by atoms with Gasteiger partial charge in [0.15, 0.2) is 5.78 Å². The van der Waals surface area contributed by atoms with Gasteiger partial charge in [0.05, 0.1) is 12.5 Å². The molecule has 0 rings (SSSR count). The van der Waals surface area contributed by atoms with Crippen LogP contribution in [0, 0.1) is 11.3 Å². The number of thiol groups is 1. The fourth-order valence-electron chi connectivity index (χ4n) is 1.63. The largest absolute Gasteiger partial charge is 0.480 e. The molecule has 2 unspecified atom stereocenters. The molecule has 23 heavy (non-hydrogen) atoms. The van der Waals surface area contributed by atoms with Crippen LogP contribution in [0.5, 0.6) is 0 Å². The summed E-state index contributed by atoms with van der Waals surface area (Å²) in [6.45, 7) is 5.18. The maximum atomic E-state index is 12.0. The van der Waals surface area contributed by atoms with Crippen molar-refractivity contribution < 1.29 is 24.3 Å². The van der Waals surface area contributed by atoms with E-state index in [1.54, 1.807) is 20.8 Å². The van der Waals surface area contributed by atoms with Crippen molar-refractivity contribution in [1.29, 1.82) is 0 Å². The van der Waals surface area contributed by atoms with Gasteiger partial charge >= 0.3 is 5.97 Å². The minimum absolute atomic E-state index is 0.00799. The van der Waals surface area contributed by atoms with Crippen molar-refractivity contribution in [3.8, 4) is 0 Å².